The zero-order valence-electron chi connectivity index (χ0n) is 9.95. The lowest BCUT2D eigenvalue weighted by molar-refractivity contribution is -0.116. The molecule has 1 aliphatic rings. The molecule has 92 valence electrons. The number of benzene rings is 1. The van der Waals surface area contributed by atoms with Crippen LogP contribution in [0.1, 0.15) is 6.92 Å². The highest BCUT2D eigenvalue weighted by atomic mass is 32.2. The Morgan fingerprint density at radius 2 is 2.24 bits per heavy atom. The molecular weight excluding hydrogens is 236 g/mol. The molecule has 5 heteroatoms. The highest BCUT2D eigenvalue weighted by Crippen LogP contribution is 2.31. The van der Waals surface area contributed by atoms with Crippen LogP contribution in [0.4, 0.5) is 11.4 Å². The lowest BCUT2D eigenvalue weighted by Gasteiger charge is -2.26. The first kappa shape index (κ1) is 12.1. The zero-order valence-corrected chi connectivity index (χ0v) is 10.8. The molecule has 0 radical (unpaired) electrons. The van der Waals surface area contributed by atoms with Crippen molar-refractivity contribution in [2.75, 3.05) is 29.2 Å². The van der Waals surface area contributed by atoms with Crippen molar-refractivity contribution in [3.8, 4) is 5.75 Å². The van der Waals surface area contributed by atoms with E-state index >= 15 is 0 Å². The van der Waals surface area contributed by atoms with Crippen molar-refractivity contribution in [2.45, 2.75) is 13.0 Å². The predicted molar refractivity (Wildman–Crippen MR) is 72.0 cm³/mol. The van der Waals surface area contributed by atoms with Crippen molar-refractivity contribution < 1.29 is 9.53 Å². The highest BCUT2D eigenvalue weighted by Gasteiger charge is 2.24. The average molecular weight is 252 g/mol. The van der Waals surface area contributed by atoms with Crippen molar-refractivity contribution in [1.29, 1.82) is 0 Å². The van der Waals surface area contributed by atoms with Gasteiger partial charge in [0.1, 0.15) is 11.8 Å². The van der Waals surface area contributed by atoms with E-state index in [4.69, 9.17) is 4.74 Å². The molecule has 1 heterocycles. The Morgan fingerprint density at radius 1 is 1.41 bits per heavy atom. The van der Waals surface area contributed by atoms with Crippen LogP contribution in [0, 0.1) is 0 Å². The number of thioether (sulfide) groups is 1. The molecule has 0 saturated carbocycles. The predicted octanol–water partition coefficient (Wildman–Crippen LogP) is 2.18. The summed E-state index contributed by atoms with van der Waals surface area (Å²) in [4.78, 5) is 11.7. The minimum absolute atomic E-state index is 0.0241. The maximum Gasteiger partial charge on any atom is 0.247 e. The minimum atomic E-state index is -0.172. The van der Waals surface area contributed by atoms with E-state index < -0.39 is 0 Å². The molecule has 0 fully saturated rings. The van der Waals surface area contributed by atoms with Crippen LogP contribution in [-0.2, 0) is 4.79 Å². The van der Waals surface area contributed by atoms with Gasteiger partial charge in [-0.3, -0.25) is 4.79 Å². The monoisotopic (exact) mass is 252 g/mol. The number of nitrogens with one attached hydrogen (secondary N) is 2. The number of hydrogen-bond donors (Lipinski definition) is 2. The molecule has 2 N–H and O–H groups in total. The van der Waals surface area contributed by atoms with Crippen LogP contribution >= 0.6 is 11.8 Å². The van der Waals surface area contributed by atoms with Gasteiger partial charge in [-0.2, -0.15) is 11.8 Å². The quantitative estimate of drug-likeness (QED) is 0.862. The van der Waals surface area contributed by atoms with Gasteiger partial charge in [0.25, 0.3) is 0 Å². The lowest BCUT2D eigenvalue weighted by Crippen LogP contribution is -2.40. The van der Waals surface area contributed by atoms with Crippen molar-refractivity contribution in [3.05, 3.63) is 18.2 Å². The number of rotatable bonds is 4. The second kappa shape index (κ2) is 5.31. The molecular formula is C12H16N2O2S. The molecule has 0 aromatic heterocycles. The fourth-order valence-corrected chi connectivity index (χ4v) is 2.33. The lowest BCUT2D eigenvalue weighted by atomic mass is 10.1. The minimum Gasteiger partial charge on any atom is -0.494 e. The molecule has 0 unspecified atom stereocenters. The smallest absolute Gasteiger partial charge is 0.247 e. The Kier molecular flexibility index (Phi) is 3.78. The number of fused-ring (bicyclic) bond motifs is 1. The van der Waals surface area contributed by atoms with Gasteiger partial charge in [-0.25, -0.2) is 0 Å². The molecule has 1 aliphatic heterocycles. The summed E-state index contributed by atoms with van der Waals surface area (Å²) in [5.41, 5.74) is 1.74. The maximum absolute atomic E-state index is 11.7. The van der Waals surface area contributed by atoms with Gasteiger partial charge in [-0.1, -0.05) is 0 Å². The summed E-state index contributed by atoms with van der Waals surface area (Å²) < 4.78 is 5.44. The Labute approximate surface area is 105 Å². The molecule has 0 bridgehead atoms. The summed E-state index contributed by atoms with van der Waals surface area (Å²) in [5.74, 6) is 1.60. The number of carbonyl (C=O) groups excluding carboxylic acids is 1. The van der Waals surface area contributed by atoms with Crippen LogP contribution in [0.25, 0.3) is 0 Å². The summed E-state index contributed by atoms with van der Waals surface area (Å²) in [5, 5.41) is 6.13. The van der Waals surface area contributed by atoms with Gasteiger partial charge in [-0.15, -0.1) is 0 Å². The topological polar surface area (TPSA) is 50.4 Å². The van der Waals surface area contributed by atoms with E-state index in [-0.39, 0.29) is 11.9 Å². The zero-order chi connectivity index (χ0) is 12.3. The maximum atomic E-state index is 11.7. The molecule has 0 spiro atoms. The molecule has 1 amide bonds. The first-order valence-electron chi connectivity index (χ1n) is 5.57. The molecule has 2 rings (SSSR count). The number of ether oxygens (including phenoxy) is 1. The Morgan fingerprint density at radius 3 is 2.94 bits per heavy atom. The van der Waals surface area contributed by atoms with Crippen molar-refractivity contribution in [2.24, 2.45) is 0 Å². The standard InChI is InChI=1S/C12H16N2O2S/c1-3-16-8-4-5-9-10(6-8)13-11(7-17-2)12(15)14-9/h4-6,11,13H,3,7H2,1-2H3,(H,14,15)/t11-/m1/s1. The first-order chi connectivity index (χ1) is 8.24. The second-order valence-electron chi connectivity index (χ2n) is 3.78. The van der Waals surface area contributed by atoms with Crippen LogP contribution in [0.5, 0.6) is 5.75 Å². The SMILES string of the molecule is CCOc1ccc2c(c1)N[C@H](CSC)C(=O)N2. The van der Waals surface area contributed by atoms with Gasteiger partial charge >= 0.3 is 0 Å². The van der Waals surface area contributed by atoms with Gasteiger partial charge < -0.3 is 15.4 Å². The molecule has 0 saturated heterocycles. The van der Waals surface area contributed by atoms with Crippen molar-refractivity contribution in [1.82, 2.24) is 0 Å². The fraction of sp³-hybridized carbons (Fsp3) is 0.417. The molecule has 17 heavy (non-hydrogen) atoms. The largest absolute Gasteiger partial charge is 0.494 e. The number of carbonyl (C=O) groups is 1. The molecule has 1 aromatic rings. The van der Waals surface area contributed by atoms with Crippen molar-refractivity contribution in [3.63, 3.8) is 0 Å². The normalized spacial score (nSPS) is 18.0. The van der Waals surface area contributed by atoms with E-state index in [2.05, 4.69) is 10.6 Å². The summed E-state index contributed by atoms with van der Waals surface area (Å²) in [7, 11) is 0. The van der Waals surface area contributed by atoms with Gasteiger partial charge in [0.05, 0.1) is 18.0 Å². The van der Waals surface area contributed by atoms with Crippen LogP contribution < -0.4 is 15.4 Å². The fourth-order valence-electron chi connectivity index (χ4n) is 1.77. The number of amides is 1. The van der Waals surface area contributed by atoms with Crippen LogP contribution in [0.2, 0.25) is 0 Å². The van der Waals surface area contributed by atoms with Gasteiger partial charge in [0.2, 0.25) is 5.91 Å². The van der Waals surface area contributed by atoms with E-state index in [9.17, 15) is 4.79 Å². The molecule has 1 aromatic carbocycles. The molecule has 1 atom stereocenters. The number of hydrogen-bond acceptors (Lipinski definition) is 4. The Hall–Kier alpha value is -1.36. The Balaban J connectivity index is 2.21. The van der Waals surface area contributed by atoms with Gasteiger partial charge in [-0.05, 0) is 25.3 Å². The third-order valence-corrected chi connectivity index (χ3v) is 3.21. The summed E-state index contributed by atoms with van der Waals surface area (Å²) in [6, 6.07) is 5.47. The van der Waals surface area contributed by atoms with Gasteiger partial charge in [0, 0.05) is 11.8 Å². The van der Waals surface area contributed by atoms with Crippen molar-refractivity contribution >= 4 is 29.0 Å². The van der Waals surface area contributed by atoms with Crippen LogP contribution in [-0.4, -0.2) is 30.6 Å². The van der Waals surface area contributed by atoms with Crippen LogP contribution in [0.3, 0.4) is 0 Å². The summed E-state index contributed by atoms with van der Waals surface area (Å²) in [6.07, 6.45) is 1.99. The third-order valence-electron chi connectivity index (χ3n) is 2.54. The number of anilines is 2. The van der Waals surface area contributed by atoms with E-state index in [0.29, 0.717) is 6.61 Å². The Bertz CT molecular complexity index is 423. The third kappa shape index (κ3) is 2.66. The van der Waals surface area contributed by atoms with Crippen LogP contribution in [0.15, 0.2) is 18.2 Å². The van der Waals surface area contributed by atoms with E-state index in [1.54, 1.807) is 11.8 Å². The first-order valence-corrected chi connectivity index (χ1v) is 6.97. The second-order valence-corrected chi connectivity index (χ2v) is 4.69. The molecule has 0 aliphatic carbocycles. The van der Waals surface area contributed by atoms with Gasteiger partial charge in [0.15, 0.2) is 0 Å². The highest BCUT2D eigenvalue weighted by molar-refractivity contribution is 7.98. The van der Waals surface area contributed by atoms with E-state index in [1.807, 2.05) is 31.4 Å². The average Bonchev–Trinajstić information content (AvgIpc) is 2.31. The van der Waals surface area contributed by atoms with E-state index in [0.717, 1.165) is 22.9 Å². The molecule has 4 nitrogen and oxygen atoms in total. The summed E-state index contributed by atoms with van der Waals surface area (Å²) >= 11 is 1.65. The summed E-state index contributed by atoms with van der Waals surface area (Å²) in [6.45, 7) is 2.59. The van der Waals surface area contributed by atoms with E-state index in [1.165, 1.54) is 0 Å².